The minimum Gasteiger partial charge on any atom is -0.308 e. The molecule has 7 heteroatoms. The van der Waals surface area contributed by atoms with E-state index < -0.39 is 10.2 Å². The Labute approximate surface area is 69.9 Å². The van der Waals surface area contributed by atoms with Crippen LogP contribution in [0.4, 0.5) is 0 Å². The van der Waals surface area contributed by atoms with Crippen LogP contribution in [0.5, 0.6) is 0 Å². The standard InChI is InChI=1S/C5H8N4O2S/c6-12(10,11)9-2-4-1-7-8-5(4)3-9/h1,3,7-8H,2H2,(H2,6,10,11). The molecule has 0 radical (unpaired) electrons. The minimum atomic E-state index is -3.60. The normalized spacial score (nSPS) is 20.9. The highest BCUT2D eigenvalue weighted by atomic mass is 32.2. The Morgan fingerprint density at radius 2 is 2.33 bits per heavy atom. The SMILES string of the molecule is NS(=O)(=O)N1C=C2NNC=C2C1. The van der Waals surface area contributed by atoms with Gasteiger partial charge < -0.3 is 5.43 Å². The van der Waals surface area contributed by atoms with Gasteiger partial charge in [-0.3, -0.25) is 9.73 Å². The fourth-order valence-electron chi connectivity index (χ4n) is 1.13. The minimum absolute atomic E-state index is 0.300. The maximum Gasteiger partial charge on any atom is 0.298 e. The van der Waals surface area contributed by atoms with Crippen LogP contribution in [0, 0.1) is 0 Å². The van der Waals surface area contributed by atoms with E-state index in [-0.39, 0.29) is 0 Å². The second-order valence-electron chi connectivity index (χ2n) is 2.57. The van der Waals surface area contributed by atoms with Gasteiger partial charge >= 0.3 is 0 Å². The number of rotatable bonds is 1. The van der Waals surface area contributed by atoms with E-state index in [0.29, 0.717) is 6.54 Å². The van der Waals surface area contributed by atoms with Gasteiger partial charge in [0.05, 0.1) is 12.2 Å². The fraction of sp³-hybridized carbons (Fsp3) is 0.200. The van der Waals surface area contributed by atoms with Crippen molar-refractivity contribution in [1.82, 2.24) is 15.2 Å². The van der Waals surface area contributed by atoms with Gasteiger partial charge in [0.1, 0.15) is 0 Å². The van der Waals surface area contributed by atoms with Gasteiger partial charge in [-0.1, -0.05) is 0 Å². The summed E-state index contributed by atoms with van der Waals surface area (Å²) < 4.78 is 22.8. The Kier molecular flexibility index (Phi) is 1.33. The van der Waals surface area contributed by atoms with E-state index >= 15 is 0 Å². The Morgan fingerprint density at radius 1 is 1.58 bits per heavy atom. The van der Waals surface area contributed by atoms with Crippen molar-refractivity contribution in [3.05, 3.63) is 23.7 Å². The van der Waals surface area contributed by atoms with Crippen LogP contribution in [0.15, 0.2) is 23.7 Å². The van der Waals surface area contributed by atoms with Gasteiger partial charge in [-0.25, -0.2) is 5.14 Å². The van der Waals surface area contributed by atoms with Crippen molar-refractivity contribution in [2.75, 3.05) is 6.54 Å². The third kappa shape index (κ3) is 1.03. The Balaban J connectivity index is 2.30. The Bertz CT molecular complexity index is 369. The van der Waals surface area contributed by atoms with Crippen LogP contribution in [-0.4, -0.2) is 19.3 Å². The average Bonchev–Trinajstić information content (AvgIpc) is 2.37. The first-order valence-corrected chi connectivity index (χ1v) is 4.80. The zero-order chi connectivity index (χ0) is 8.77. The van der Waals surface area contributed by atoms with E-state index in [1.807, 2.05) is 0 Å². The van der Waals surface area contributed by atoms with Gasteiger partial charge in [-0.15, -0.1) is 0 Å². The van der Waals surface area contributed by atoms with Crippen molar-refractivity contribution in [2.24, 2.45) is 5.14 Å². The molecule has 66 valence electrons. The van der Waals surface area contributed by atoms with Gasteiger partial charge in [-0.05, 0) is 0 Å². The number of hydrogen-bond acceptors (Lipinski definition) is 4. The maximum absolute atomic E-state index is 10.8. The van der Waals surface area contributed by atoms with Crippen LogP contribution in [0.25, 0.3) is 0 Å². The lowest BCUT2D eigenvalue weighted by atomic mass is 10.3. The smallest absolute Gasteiger partial charge is 0.298 e. The molecule has 2 heterocycles. The van der Waals surface area contributed by atoms with Crippen LogP contribution in [-0.2, 0) is 10.2 Å². The second-order valence-corrected chi connectivity index (χ2v) is 4.07. The molecule has 6 nitrogen and oxygen atoms in total. The highest BCUT2D eigenvalue weighted by molar-refractivity contribution is 7.86. The van der Waals surface area contributed by atoms with E-state index in [1.54, 1.807) is 6.20 Å². The molecular formula is C5H8N4O2S. The lowest BCUT2D eigenvalue weighted by Gasteiger charge is -2.10. The van der Waals surface area contributed by atoms with Crippen molar-refractivity contribution in [3.63, 3.8) is 0 Å². The number of hydrazine groups is 1. The molecule has 0 bridgehead atoms. The molecule has 0 saturated carbocycles. The maximum atomic E-state index is 10.8. The quantitative estimate of drug-likeness (QED) is 0.459. The van der Waals surface area contributed by atoms with E-state index in [4.69, 9.17) is 5.14 Å². The summed E-state index contributed by atoms with van der Waals surface area (Å²) in [6.45, 7) is 0.300. The second kappa shape index (κ2) is 2.14. The van der Waals surface area contributed by atoms with Gasteiger partial charge in [-0.2, -0.15) is 8.42 Å². The molecule has 0 fully saturated rings. The van der Waals surface area contributed by atoms with E-state index in [9.17, 15) is 8.42 Å². The molecule has 0 amide bonds. The Morgan fingerprint density at radius 3 is 2.92 bits per heavy atom. The summed E-state index contributed by atoms with van der Waals surface area (Å²) in [6, 6.07) is 0. The lowest BCUT2D eigenvalue weighted by Crippen LogP contribution is -2.31. The zero-order valence-corrected chi connectivity index (χ0v) is 6.93. The predicted molar refractivity (Wildman–Crippen MR) is 42.3 cm³/mol. The molecule has 0 aromatic heterocycles. The molecule has 2 aliphatic heterocycles. The summed E-state index contributed by atoms with van der Waals surface area (Å²) in [5, 5.41) is 4.92. The van der Waals surface area contributed by atoms with Crippen LogP contribution < -0.4 is 16.0 Å². The molecule has 0 spiro atoms. The molecule has 4 N–H and O–H groups in total. The van der Waals surface area contributed by atoms with Crippen LogP contribution in [0.3, 0.4) is 0 Å². The topological polar surface area (TPSA) is 87.5 Å². The Hall–Kier alpha value is -1.21. The van der Waals surface area contributed by atoms with Crippen molar-refractivity contribution < 1.29 is 8.42 Å². The number of hydrogen-bond donors (Lipinski definition) is 3. The first-order valence-electron chi connectivity index (χ1n) is 3.30. The lowest BCUT2D eigenvalue weighted by molar-refractivity contribution is 0.527. The molecule has 0 aromatic rings. The summed E-state index contributed by atoms with van der Waals surface area (Å²) in [5.41, 5.74) is 7.18. The zero-order valence-electron chi connectivity index (χ0n) is 6.11. The van der Waals surface area contributed by atoms with Crippen LogP contribution >= 0.6 is 0 Å². The molecule has 0 aromatic carbocycles. The fourth-order valence-corrected chi connectivity index (χ4v) is 1.70. The van der Waals surface area contributed by atoms with E-state index in [2.05, 4.69) is 10.9 Å². The summed E-state index contributed by atoms with van der Waals surface area (Å²) in [5.74, 6) is 0. The van der Waals surface area contributed by atoms with Gasteiger partial charge in [0.15, 0.2) is 0 Å². The third-order valence-corrected chi connectivity index (χ3v) is 2.61. The molecule has 12 heavy (non-hydrogen) atoms. The molecule has 2 rings (SSSR count). The van der Waals surface area contributed by atoms with Crippen molar-refractivity contribution in [3.8, 4) is 0 Å². The van der Waals surface area contributed by atoms with E-state index in [1.165, 1.54) is 6.20 Å². The number of nitrogens with two attached hydrogens (primary N) is 1. The van der Waals surface area contributed by atoms with Crippen LogP contribution in [0.1, 0.15) is 0 Å². The van der Waals surface area contributed by atoms with Crippen LogP contribution in [0.2, 0.25) is 0 Å². The summed E-state index contributed by atoms with van der Waals surface area (Å²) in [4.78, 5) is 0. The summed E-state index contributed by atoms with van der Waals surface area (Å²) in [6.07, 6.45) is 3.16. The number of fused-ring (bicyclic) bond motifs is 1. The monoisotopic (exact) mass is 188 g/mol. The molecule has 0 aliphatic carbocycles. The summed E-state index contributed by atoms with van der Waals surface area (Å²) >= 11 is 0. The first kappa shape index (κ1) is 7.44. The molecular weight excluding hydrogens is 180 g/mol. The van der Waals surface area contributed by atoms with Gasteiger partial charge in [0.25, 0.3) is 10.2 Å². The third-order valence-electron chi connectivity index (χ3n) is 1.73. The number of nitrogens with one attached hydrogen (secondary N) is 2. The first-order chi connectivity index (χ1) is 5.57. The molecule has 2 aliphatic rings. The molecule has 0 atom stereocenters. The highest BCUT2D eigenvalue weighted by Gasteiger charge is 2.26. The van der Waals surface area contributed by atoms with Crippen molar-refractivity contribution >= 4 is 10.2 Å². The van der Waals surface area contributed by atoms with Gasteiger partial charge in [0, 0.05) is 18.0 Å². The van der Waals surface area contributed by atoms with Crippen molar-refractivity contribution in [1.29, 1.82) is 0 Å². The average molecular weight is 188 g/mol. The number of nitrogens with zero attached hydrogens (tertiary/aromatic N) is 1. The summed E-state index contributed by atoms with van der Waals surface area (Å²) in [7, 11) is -3.60. The highest BCUT2D eigenvalue weighted by Crippen LogP contribution is 2.21. The largest absolute Gasteiger partial charge is 0.308 e. The predicted octanol–water partition coefficient (Wildman–Crippen LogP) is -1.66. The van der Waals surface area contributed by atoms with Crippen molar-refractivity contribution in [2.45, 2.75) is 0 Å². The molecule has 0 unspecified atom stereocenters. The molecule has 0 saturated heterocycles. The van der Waals surface area contributed by atoms with Gasteiger partial charge in [0.2, 0.25) is 0 Å². The van der Waals surface area contributed by atoms with E-state index in [0.717, 1.165) is 15.6 Å².